The van der Waals surface area contributed by atoms with Crippen molar-refractivity contribution >= 4 is 29.2 Å². The molecule has 23 heavy (non-hydrogen) atoms. The van der Waals surface area contributed by atoms with Crippen molar-refractivity contribution in [1.82, 2.24) is 0 Å². The van der Waals surface area contributed by atoms with Gasteiger partial charge in [-0.3, -0.25) is 4.99 Å². The molecule has 0 N–H and O–H groups in total. The minimum atomic E-state index is 0.572. The van der Waals surface area contributed by atoms with Gasteiger partial charge in [0.15, 0.2) is 0 Å². The van der Waals surface area contributed by atoms with E-state index in [2.05, 4.69) is 34.2 Å². The maximum Gasteiger partial charge on any atom is 0.137 e. The van der Waals surface area contributed by atoms with E-state index in [1.54, 1.807) is 13.2 Å². The molecular formula is C19H21ClN2O. The highest BCUT2D eigenvalue weighted by Gasteiger charge is 2.10. The van der Waals surface area contributed by atoms with Gasteiger partial charge in [0.25, 0.3) is 0 Å². The Morgan fingerprint density at radius 2 is 1.78 bits per heavy atom. The number of benzene rings is 2. The number of ether oxygens (including phenoxy) is 1. The fraction of sp³-hybridized carbons (Fsp3) is 0.316. The van der Waals surface area contributed by atoms with Crippen molar-refractivity contribution in [3.63, 3.8) is 0 Å². The predicted molar refractivity (Wildman–Crippen MR) is 97.8 cm³/mol. The molecule has 0 bridgehead atoms. The third kappa shape index (κ3) is 4.05. The SMILES string of the molecule is COc1ccc(N=Cc2ccc(N3CCCCC3)cc2)cc1Cl. The Kier molecular flexibility index (Phi) is 5.19. The lowest BCUT2D eigenvalue weighted by atomic mass is 10.1. The molecule has 120 valence electrons. The van der Waals surface area contributed by atoms with Gasteiger partial charge in [-0.25, -0.2) is 0 Å². The van der Waals surface area contributed by atoms with Crippen LogP contribution in [0.15, 0.2) is 47.5 Å². The molecule has 0 amide bonds. The number of rotatable bonds is 4. The Morgan fingerprint density at radius 3 is 2.43 bits per heavy atom. The highest BCUT2D eigenvalue weighted by Crippen LogP contribution is 2.28. The van der Waals surface area contributed by atoms with Crippen molar-refractivity contribution in [2.75, 3.05) is 25.1 Å². The molecule has 1 heterocycles. The number of nitrogens with zero attached hydrogens (tertiary/aromatic N) is 2. The summed E-state index contributed by atoms with van der Waals surface area (Å²) in [5.41, 5.74) is 3.20. The second-order valence-corrected chi connectivity index (χ2v) is 6.12. The first-order valence-corrected chi connectivity index (χ1v) is 8.37. The summed E-state index contributed by atoms with van der Waals surface area (Å²) in [6, 6.07) is 14.1. The van der Waals surface area contributed by atoms with E-state index in [9.17, 15) is 0 Å². The zero-order valence-corrected chi connectivity index (χ0v) is 14.1. The maximum atomic E-state index is 6.11. The number of anilines is 1. The Labute approximate surface area is 142 Å². The van der Waals surface area contributed by atoms with Gasteiger partial charge >= 0.3 is 0 Å². The van der Waals surface area contributed by atoms with Crippen LogP contribution < -0.4 is 9.64 Å². The van der Waals surface area contributed by atoms with E-state index < -0.39 is 0 Å². The second kappa shape index (κ2) is 7.51. The summed E-state index contributed by atoms with van der Waals surface area (Å²) < 4.78 is 5.15. The van der Waals surface area contributed by atoms with Crippen molar-refractivity contribution in [3.05, 3.63) is 53.1 Å². The van der Waals surface area contributed by atoms with E-state index in [0.29, 0.717) is 10.8 Å². The topological polar surface area (TPSA) is 24.8 Å². The van der Waals surface area contributed by atoms with Crippen molar-refractivity contribution < 1.29 is 4.74 Å². The van der Waals surface area contributed by atoms with Gasteiger partial charge in [-0.1, -0.05) is 23.7 Å². The number of hydrogen-bond donors (Lipinski definition) is 0. The first-order valence-electron chi connectivity index (χ1n) is 7.99. The molecule has 3 nitrogen and oxygen atoms in total. The summed E-state index contributed by atoms with van der Waals surface area (Å²) in [6.07, 6.45) is 5.80. The molecule has 0 aromatic heterocycles. The smallest absolute Gasteiger partial charge is 0.137 e. The lowest BCUT2D eigenvalue weighted by molar-refractivity contribution is 0.415. The Bertz CT molecular complexity index is 676. The average molecular weight is 329 g/mol. The van der Waals surface area contributed by atoms with Crippen molar-refractivity contribution in [2.24, 2.45) is 4.99 Å². The molecule has 0 atom stereocenters. The first kappa shape index (κ1) is 15.9. The van der Waals surface area contributed by atoms with Crippen LogP contribution in [0.4, 0.5) is 11.4 Å². The van der Waals surface area contributed by atoms with Crippen molar-refractivity contribution in [1.29, 1.82) is 0 Å². The number of piperidine rings is 1. The fourth-order valence-corrected chi connectivity index (χ4v) is 3.06. The summed E-state index contributed by atoms with van der Waals surface area (Å²) in [5, 5.41) is 0.572. The predicted octanol–water partition coefficient (Wildman–Crippen LogP) is 5.09. The Hall–Kier alpha value is -2.00. The fourth-order valence-electron chi connectivity index (χ4n) is 2.81. The number of hydrogen-bond acceptors (Lipinski definition) is 3. The molecule has 4 heteroatoms. The average Bonchev–Trinajstić information content (AvgIpc) is 2.61. The van der Waals surface area contributed by atoms with Gasteiger partial charge in [0.1, 0.15) is 5.75 Å². The van der Waals surface area contributed by atoms with E-state index in [4.69, 9.17) is 16.3 Å². The number of aliphatic imine (C=N–C) groups is 1. The molecule has 0 spiro atoms. The van der Waals surface area contributed by atoms with Crippen LogP contribution in [0.2, 0.25) is 5.02 Å². The zero-order valence-electron chi connectivity index (χ0n) is 13.3. The molecular weight excluding hydrogens is 308 g/mol. The van der Waals surface area contributed by atoms with E-state index in [1.807, 2.05) is 18.3 Å². The van der Waals surface area contributed by atoms with Gasteiger partial charge in [-0.05, 0) is 55.2 Å². The van der Waals surface area contributed by atoms with E-state index >= 15 is 0 Å². The third-order valence-corrected chi connectivity index (χ3v) is 4.41. The van der Waals surface area contributed by atoms with Crippen LogP contribution in [-0.4, -0.2) is 26.4 Å². The zero-order chi connectivity index (χ0) is 16.1. The molecule has 2 aromatic rings. The van der Waals surface area contributed by atoms with Crippen LogP contribution in [0.25, 0.3) is 0 Å². The molecule has 1 saturated heterocycles. The monoisotopic (exact) mass is 328 g/mol. The minimum Gasteiger partial charge on any atom is -0.495 e. The van der Waals surface area contributed by atoms with Gasteiger partial charge in [0, 0.05) is 25.0 Å². The summed E-state index contributed by atoms with van der Waals surface area (Å²) >= 11 is 6.11. The minimum absolute atomic E-state index is 0.572. The quantitative estimate of drug-likeness (QED) is 0.730. The van der Waals surface area contributed by atoms with E-state index in [0.717, 1.165) is 24.3 Å². The number of halogens is 1. The largest absolute Gasteiger partial charge is 0.495 e. The molecule has 0 saturated carbocycles. The van der Waals surface area contributed by atoms with Gasteiger partial charge in [-0.15, -0.1) is 0 Å². The molecule has 3 rings (SSSR count). The van der Waals surface area contributed by atoms with Crippen molar-refractivity contribution in [3.8, 4) is 5.75 Å². The van der Waals surface area contributed by atoms with Crippen LogP contribution in [-0.2, 0) is 0 Å². The van der Waals surface area contributed by atoms with Crippen LogP contribution in [0.1, 0.15) is 24.8 Å². The summed E-state index contributed by atoms with van der Waals surface area (Å²) in [7, 11) is 1.61. The van der Waals surface area contributed by atoms with E-state index in [1.165, 1.54) is 24.9 Å². The first-order chi connectivity index (χ1) is 11.3. The third-order valence-electron chi connectivity index (χ3n) is 4.11. The van der Waals surface area contributed by atoms with Crippen LogP contribution in [0.3, 0.4) is 0 Å². The van der Waals surface area contributed by atoms with Crippen molar-refractivity contribution in [2.45, 2.75) is 19.3 Å². The highest BCUT2D eigenvalue weighted by molar-refractivity contribution is 6.32. The lowest BCUT2D eigenvalue weighted by Gasteiger charge is -2.28. The lowest BCUT2D eigenvalue weighted by Crippen LogP contribution is -2.29. The normalized spacial score (nSPS) is 15.1. The van der Waals surface area contributed by atoms with Gasteiger partial charge in [0.05, 0.1) is 17.8 Å². The summed E-state index contributed by atoms with van der Waals surface area (Å²) in [5.74, 6) is 0.663. The van der Waals surface area contributed by atoms with E-state index in [-0.39, 0.29) is 0 Å². The maximum absolute atomic E-state index is 6.11. The molecule has 2 aromatic carbocycles. The second-order valence-electron chi connectivity index (χ2n) is 5.72. The van der Waals surface area contributed by atoms with Gasteiger partial charge < -0.3 is 9.64 Å². The van der Waals surface area contributed by atoms with Gasteiger partial charge in [0.2, 0.25) is 0 Å². The Morgan fingerprint density at radius 1 is 1.04 bits per heavy atom. The molecule has 1 aliphatic heterocycles. The van der Waals surface area contributed by atoms with Crippen LogP contribution >= 0.6 is 11.6 Å². The molecule has 0 unspecified atom stereocenters. The summed E-state index contributed by atoms with van der Waals surface area (Å²) in [6.45, 7) is 2.33. The highest BCUT2D eigenvalue weighted by atomic mass is 35.5. The van der Waals surface area contributed by atoms with Gasteiger partial charge in [-0.2, -0.15) is 0 Å². The van der Waals surface area contributed by atoms with Crippen LogP contribution in [0, 0.1) is 0 Å². The molecule has 1 aliphatic rings. The molecule has 0 radical (unpaired) electrons. The standard InChI is InChI=1S/C19H21ClN2O/c1-23-19-10-7-16(13-18(19)20)21-14-15-5-8-17(9-6-15)22-11-3-2-4-12-22/h5-10,13-14H,2-4,11-12H2,1H3. The summed E-state index contributed by atoms with van der Waals surface area (Å²) in [4.78, 5) is 6.93. The molecule has 0 aliphatic carbocycles. The van der Waals surface area contributed by atoms with Crippen LogP contribution in [0.5, 0.6) is 5.75 Å². The Balaban J connectivity index is 1.68. The number of methoxy groups -OCH3 is 1. The molecule has 1 fully saturated rings.